The lowest BCUT2D eigenvalue weighted by atomic mass is 9.93. The van der Waals surface area contributed by atoms with Crippen LogP contribution in [-0.2, 0) is 4.74 Å². The molecule has 0 bridgehead atoms. The molecule has 2 aromatic carbocycles. The van der Waals surface area contributed by atoms with Crippen LogP contribution < -0.4 is 4.74 Å². The number of hydrogen-bond acceptors (Lipinski definition) is 3. The van der Waals surface area contributed by atoms with Gasteiger partial charge in [0.25, 0.3) is 0 Å². The van der Waals surface area contributed by atoms with Gasteiger partial charge in [-0.2, -0.15) is 0 Å². The first kappa shape index (κ1) is 16.4. The van der Waals surface area contributed by atoms with Crippen LogP contribution in [0.25, 0.3) is 11.1 Å². The van der Waals surface area contributed by atoms with Crippen LogP contribution in [0.3, 0.4) is 0 Å². The van der Waals surface area contributed by atoms with Crippen molar-refractivity contribution >= 4 is 5.97 Å². The van der Waals surface area contributed by atoms with E-state index in [9.17, 15) is 13.6 Å². The first-order valence-corrected chi connectivity index (χ1v) is 7.89. The van der Waals surface area contributed by atoms with Crippen molar-refractivity contribution < 1.29 is 23.0 Å². The quantitative estimate of drug-likeness (QED) is 0.745. The van der Waals surface area contributed by atoms with Crippen LogP contribution in [0.5, 0.6) is 5.75 Å². The third-order valence-electron chi connectivity index (χ3n) is 4.10. The van der Waals surface area contributed by atoms with Crippen molar-refractivity contribution in [3.05, 3.63) is 53.1 Å². The molecule has 126 valence electrons. The molecule has 2 aromatic rings. The van der Waals surface area contributed by atoms with E-state index >= 15 is 0 Å². The molecule has 0 N–H and O–H groups in total. The summed E-state index contributed by atoms with van der Waals surface area (Å²) in [6.07, 6.45) is 1.95. The second-order valence-corrected chi connectivity index (χ2v) is 5.76. The molecule has 0 radical (unpaired) electrons. The van der Waals surface area contributed by atoms with E-state index in [1.165, 1.54) is 19.2 Å². The number of halogens is 2. The van der Waals surface area contributed by atoms with E-state index in [4.69, 9.17) is 9.47 Å². The highest BCUT2D eigenvalue weighted by molar-refractivity contribution is 5.94. The van der Waals surface area contributed by atoms with E-state index in [1.807, 2.05) is 0 Å². The van der Waals surface area contributed by atoms with Gasteiger partial charge in [0.2, 0.25) is 0 Å². The molecule has 0 spiro atoms. The Morgan fingerprint density at radius 3 is 2.50 bits per heavy atom. The predicted octanol–water partition coefficient (Wildman–Crippen LogP) is 4.69. The highest BCUT2D eigenvalue weighted by Crippen LogP contribution is 2.47. The van der Waals surface area contributed by atoms with Crippen molar-refractivity contribution in [1.82, 2.24) is 0 Å². The topological polar surface area (TPSA) is 35.5 Å². The molecule has 3 rings (SSSR count). The van der Waals surface area contributed by atoms with Crippen LogP contribution in [0.4, 0.5) is 8.78 Å². The van der Waals surface area contributed by atoms with Crippen molar-refractivity contribution in [2.45, 2.75) is 25.7 Å². The first-order chi connectivity index (χ1) is 11.5. The highest BCUT2D eigenvalue weighted by atomic mass is 19.1. The number of rotatable bonds is 5. The van der Waals surface area contributed by atoms with E-state index in [0.29, 0.717) is 29.0 Å². The summed E-state index contributed by atoms with van der Waals surface area (Å²) in [6.45, 7) is 2.16. The standard InChI is InChI=1S/C19H18F2O3/c1-3-24-18-10-15(13-7-6-12(20)8-17(13)21)14(11-4-5-11)9-16(18)19(22)23-2/h6-11H,3-5H2,1-2H3. The normalized spacial score (nSPS) is 13.7. The Bertz CT molecular complexity index is 782. The van der Waals surface area contributed by atoms with Crippen molar-refractivity contribution in [3.8, 4) is 16.9 Å². The van der Waals surface area contributed by atoms with Crippen LogP contribution in [0.1, 0.15) is 41.6 Å². The zero-order valence-electron chi connectivity index (χ0n) is 13.6. The second kappa shape index (κ2) is 6.59. The lowest BCUT2D eigenvalue weighted by Crippen LogP contribution is -2.07. The molecule has 1 aliphatic carbocycles. The first-order valence-electron chi connectivity index (χ1n) is 7.89. The minimum atomic E-state index is -0.634. The molecule has 0 heterocycles. The van der Waals surface area contributed by atoms with Gasteiger partial charge in [-0.25, -0.2) is 13.6 Å². The Morgan fingerprint density at radius 2 is 1.92 bits per heavy atom. The number of hydrogen-bond donors (Lipinski definition) is 0. The average Bonchev–Trinajstić information content (AvgIpc) is 3.39. The molecule has 5 heteroatoms. The molecule has 0 saturated heterocycles. The maximum atomic E-state index is 14.3. The summed E-state index contributed by atoms with van der Waals surface area (Å²) in [5.41, 5.74) is 2.12. The molecule has 0 unspecified atom stereocenters. The maximum absolute atomic E-state index is 14.3. The number of carbonyl (C=O) groups excluding carboxylic acids is 1. The van der Waals surface area contributed by atoms with Gasteiger partial charge in [-0.3, -0.25) is 0 Å². The van der Waals surface area contributed by atoms with Gasteiger partial charge in [0.15, 0.2) is 0 Å². The van der Waals surface area contributed by atoms with E-state index in [-0.39, 0.29) is 5.92 Å². The zero-order valence-corrected chi connectivity index (χ0v) is 13.6. The fourth-order valence-electron chi connectivity index (χ4n) is 2.81. The minimum absolute atomic E-state index is 0.267. The molecule has 0 atom stereocenters. The summed E-state index contributed by atoms with van der Waals surface area (Å²) in [6, 6.07) is 6.87. The Balaban J connectivity index is 2.20. The van der Waals surface area contributed by atoms with Gasteiger partial charge in [-0.15, -0.1) is 0 Å². The summed E-state index contributed by atoms with van der Waals surface area (Å²) in [7, 11) is 1.31. The largest absolute Gasteiger partial charge is 0.493 e. The molecule has 3 nitrogen and oxygen atoms in total. The molecular weight excluding hydrogens is 314 g/mol. The smallest absolute Gasteiger partial charge is 0.341 e. The minimum Gasteiger partial charge on any atom is -0.493 e. The lowest BCUT2D eigenvalue weighted by molar-refractivity contribution is 0.0596. The van der Waals surface area contributed by atoms with Crippen LogP contribution in [-0.4, -0.2) is 19.7 Å². The van der Waals surface area contributed by atoms with Crippen molar-refractivity contribution in [3.63, 3.8) is 0 Å². The maximum Gasteiger partial charge on any atom is 0.341 e. The van der Waals surface area contributed by atoms with Gasteiger partial charge >= 0.3 is 5.97 Å². The average molecular weight is 332 g/mol. The Hall–Kier alpha value is -2.43. The highest BCUT2D eigenvalue weighted by Gasteiger charge is 2.30. The number of carbonyl (C=O) groups is 1. The molecule has 1 fully saturated rings. The predicted molar refractivity (Wildman–Crippen MR) is 86.3 cm³/mol. The number of benzene rings is 2. The summed E-state index contributed by atoms with van der Waals surface area (Å²) in [4.78, 5) is 12.0. The van der Waals surface area contributed by atoms with Gasteiger partial charge in [-0.1, -0.05) is 0 Å². The third-order valence-corrected chi connectivity index (χ3v) is 4.10. The Kier molecular flexibility index (Phi) is 4.51. The SMILES string of the molecule is CCOc1cc(-c2ccc(F)cc2F)c(C2CC2)cc1C(=O)OC. The van der Waals surface area contributed by atoms with E-state index in [1.54, 1.807) is 19.1 Å². The fraction of sp³-hybridized carbons (Fsp3) is 0.316. The number of methoxy groups -OCH3 is 1. The van der Waals surface area contributed by atoms with Crippen LogP contribution in [0.2, 0.25) is 0 Å². The van der Waals surface area contributed by atoms with Crippen molar-refractivity contribution in [1.29, 1.82) is 0 Å². The Morgan fingerprint density at radius 1 is 1.17 bits per heavy atom. The summed E-state index contributed by atoms with van der Waals surface area (Å²) in [5.74, 6) is -1.15. The van der Waals surface area contributed by atoms with Gasteiger partial charge in [0.05, 0.1) is 13.7 Å². The molecule has 24 heavy (non-hydrogen) atoms. The van der Waals surface area contributed by atoms with Crippen molar-refractivity contribution in [2.24, 2.45) is 0 Å². The fourth-order valence-corrected chi connectivity index (χ4v) is 2.81. The van der Waals surface area contributed by atoms with Gasteiger partial charge in [0, 0.05) is 11.6 Å². The molecule has 0 amide bonds. The van der Waals surface area contributed by atoms with E-state index in [0.717, 1.165) is 24.5 Å². The lowest BCUT2D eigenvalue weighted by Gasteiger charge is -2.16. The van der Waals surface area contributed by atoms with Gasteiger partial charge in [-0.05, 0) is 61.1 Å². The molecule has 0 aliphatic heterocycles. The van der Waals surface area contributed by atoms with Crippen LogP contribution in [0, 0.1) is 11.6 Å². The van der Waals surface area contributed by atoms with Crippen LogP contribution in [0.15, 0.2) is 30.3 Å². The number of ether oxygens (including phenoxy) is 2. The van der Waals surface area contributed by atoms with E-state index in [2.05, 4.69) is 0 Å². The summed E-state index contributed by atoms with van der Waals surface area (Å²) < 4.78 is 37.9. The van der Waals surface area contributed by atoms with Gasteiger partial charge < -0.3 is 9.47 Å². The molecular formula is C19H18F2O3. The summed E-state index contributed by atoms with van der Waals surface area (Å²) in [5, 5.41) is 0. The monoisotopic (exact) mass is 332 g/mol. The molecule has 1 saturated carbocycles. The van der Waals surface area contributed by atoms with Crippen LogP contribution >= 0.6 is 0 Å². The third kappa shape index (κ3) is 3.11. The number of esters is 1. The molecule has 0 aromatic heterocycles. The Labute approximate surface area is 139 Å². The van der Waals surface area contributed by atoms with E-state index < -0.39 is 17.6 Å². The second-order valence-electron chi connectivity index (χ2n) is 5.76. The summed E-state index contributed by atoms with van der Waals surface area (Å²) >= 11 is 0. The zero-order chi connectivity index (χ0) is 17.3. The van der Waals surface area contributed by atoms with Crippen molar-refractivity contribution in [2.75, 3.05) is 13.7 Å². The molecule has 1 aliphatic rings. The van der Waals surface area contributed by atoms with Gasteiger partial charge in [0.1, 0.15) is 22.9 Å².